The van der Waals surface area contributed by atoms with Crippen molar-refractivity contribution in [3.63, 3.8) is 0 Å². The molecule has 3 aliphatic heterocycles. The first-order chi connectivity index (χ1) is 18.9. The van der Waals surface area contributed by atoms with Crippen molar-refractivity contribution < 1.29 is 27.9 Å². The molecule has 3 saturated heterocycles. The predicted octanol–water partition coefficient (Wildman–Crippen LogP) is 2.34. The molecule has 3 heterocycles. The van der Waals surface area contributed by atoms with Crippen LogP contribution in [0.25, 0.3) is 0 Å². The lowest BCUT2D eigenvalue weighted by atomic mass is 9.89. The van der Waals surface area contributed by atoms with Crippen LogP contribution in [0.3, 0.4) is 0 Å². The highest BCUT2D eigenvalue weighted by molar-refractivity contribution is 5.97. The number of hydrogen-bond acceptors (Lipinski definition) is 6. The van der Waals surface area contributed by atoms with E-state index in [0.29, 0.717) is 44.7 Å². The summed E-state index contributed by atoms with van der Waals surface area (Å²) < 4.78 is 32.2. The van der Waals surface area contributed by atoms with E-state index in [1.54, 1.807) is 17.0 Å². The Labute approximate surface area is 226 Å². The normalized spacial score (nSPS) is 24.1. The molecule has 208 valence electrons. The Morgan fingerprint density at radius 3 is 2.33 bits per heavy atom. The summed E-state index contributed by atoms with van der Waals surface area (Å²) in [5, 5.41) is 6.44. The van der Waals surface area contributed by atoms with Crippen molar-refractivity contribution in [2.45, 2.75) is 38.0 Å². The first kappa shape index (κ1) is 27.4. The average Bonchev–Trinajstić information content (AvgIpc) is 2.94. The number of hydrogen-bond donors (Lipinski definition) is 2. The van der Waals surface area contributed by atoms with Crippen LogP contribution in [0.1, 0.15) is 35.2 Å². The van der Waals surface area contributed by atoms with Crippen LogP contribution < -0.4 is 10.6 Å². The molecule has 2 aromatic carbocycles. The van der Waals surface area contributed by atoms with Gasteiger partial charge < -0.3 is 15.0 Å². The lowest BCUT2D eigenvalue weighted by Gasteiger charge is -2.41. The number of nitrogens with zero attached hydrogens (tertiary/aromatic N) is 2. The lowest BCUT2D eigenvalue weighted by molar-refractivity contribution is -0.139. The minimum atomic E-state index is -0.402. The number of piperidine rings is 1. The van der Waals surface area contributed by atoms with Gasteiger partial charge in [0.05, 0.1) is 31.8 Å². The van der Waals surface area contributed by atoms with Gasteiger partial charge in [0.15, 0.2) is 5.78 Å². The third kappa shape index (κ3) is 6.87. The molecule has 0 aromatic heterocycles. The summed E-state index contributed by atoms with van der Waals surface area (Å²) in [5.74, 6) is -1.30. The molecule has 2 amide bonds. The molecule has 3 unspecified atom stereocenters. The zero-order valence-electron chi connectivity index (χ0n) is 21.8. The minimum Gasteiger partial charge on any atom is -0.381 e. The van der Waals surface area contributed by atoms with Gasteiger partial charge in [0.2, 0.25) is 11.8 Å². The molecule has 0 saturated carbocycles. The van der Waals surface area contributed by atoms with E-state index in [9.17, 15) is 23.2 Å². The zero-order chi connectivity index (χ0) is 27.4. The number of nitrogens with one attached hydrogen (secondary N) is 2. The monoisotopic (exact) mass is 540 g/mol. The second-order valence-corrected chi connectivity index (χ2v) is 10.6. The third-order valence-electron chi connectivity index (χ3n) is 7.91. The maximum absolute atomic E-state index is 13.5. The standard InChI is InChI=1S/C29H34F2N4O4/c30-22-5-1-19(2-6-22)15-35(16-26-32-25-11-14-39-18-24(25)29(38)33-26)27(36)17-34-12-9-21(10-13-34)28(37)20-3-7-23(31)8-4-20/h1-8,21,24-26,32H,9-18H2,(H,33,38). The van der Waals surface area contributed by atoms with Gasteiger partial charge in [0.1, 0.15) is 11.6 Å². The van der Waals surface area contributed by atoms with Crippen LogP contribution in [-0.2, 0) is 20.9 Å². The van der Waals surface area contributed by atoms with Crippen LogP contribution in [0.4, 0.5) is 8.78 Å². The summed E-state index contributed by atoms with van der Waals surface area (Å²) in [4.78, 5) is 42.8. The molecule has 0 spiro atoms. The highest BCUT2D eigenvalue weighted by Crippen LogP contribution is 2.23. The van der Waals surface area contributed by atoms with Gasteiger partial charge in [-0.25, -0.2) is 8.78 Å². The van der Waals surface area contributed by atoms with Gasteiger partial charge in [-0.2, -0.15) is 0 Å². The number of halogens is 2. The largest absolute Gasteiger partial charge is 0.381 e. The van der Waals surface area contributed by atoms with Gasteiger partial charge in [-0.05, 0) is 74.3 Å². The highest BCUT2D eigenvalue weighted by atomic mass is 19.1. The summed E-state index contributed by atoms with van der Waals surface area (Å²) >= 11 is 0. The first-order valence-electron chi connectivity index (χ1n) is 13.5. The van der Waals surface area contributed by atoms with Crippen LogP contribution in [0.5, 0.6) is 0 Å². The Kier molecular flexibility index (Phi) is 8.64. The van der Waals surface area contributed by atoms with Gasteiger partial charge >= 0.3 is 0 Å². The zero-order valence-corrected chi connectivity index (χ0v) is 21.8. The molecule has 3 atom stereocenters. The maximum Gasteiger partial charge on any atom is 0.237 e. The molecule has 5 rings (SSSR count). The van der Waals surface area contributed by atoms with Crippen molar-refractivity contribution in [3.8, 4) is 0 Å². The van der Waals surface area contributed by atoms with Gasteiger partial charge in [-0.3, -0.25) is 24.6 Å². The molecule has 3 aliphatic rings. The number of carbonyl (C=O) groups is 3. The van der Waals surface area contributed by atoms with Crippen molar-refractivity contribution in [3.05, 3.63) is 71.3 Å². The van der Waals surface area contributed by atoms with Gasteiger partial charge in [-0.15, -0.1) is 0 Å². The number of ether oxygens (including phenoxy) is 1. The Balaban J connectivity index is 1.20. The molecule has 39 heavy (non-hydrogen) atoms. The SMILES string of the molecule is O=C(c1ccc(F)cc1)C1CCN(CC(=O)N(Cc2ccc(F)cc2)CC2NC(=O)C3COCCC3N2)CC1. The molecular formula is C29H34F2N4O4. The third-order valence-corrected chi connectivity index (χ3v) is 7.91. The van der Waals surface area contributed by atoms with Crippen LogP contribution >= 0.6 is 0 Å². The van der Waals surface area contributed by atoms with Crippen LogP contribution in [0.2, 0.25) is 0 Å². The van der Waals surface area contributed by atoms with E-state index >= 15 is 0 Å². The van der Waals surface area contributed by atoms with Crippen molar-refractivity contribution in [2.75, 3.05) is 39.4 Å². The highest BCUT2D eigenvalue weighted by Gasteiger charge is 2.39. The van der Waals surface area contributed by atoms with E-state index < -0.39 is 6.17 Å². The molecular weight excluding hydrogens is 506 g/mol. The maximum atomic E-state index is 13.5. The molecule has 0 aliphatic carbocycles. The Hall–Kier alpha value is -3.21. The Bertz CT molecular complexity index is 1170. The van der Waals surface area contributed by atoms with Gasteiger partial charge in [0, 0.05) is 30.7 Å². The number of amides is 2. The van der Waals surface area contributed by atoms with Crippen molar-refractivity contribution in [1.82, 2.24) is 20.4 Å². The van der Waals surface area contributed by atoms with Crippen LogP contribution in [-0.4, -0.2) is 79.0 Å². The number of Topliss-reactive ketones (excluding diaryl/α,β-unsaturated/α-hetero) is 1. The second kappa shape index (κ2) is 12.3. The van der Waals surface area contributed by atoms with Crippen molar-refractivity contribution >= 4 is 17.6 Å². The topological polar surface area (TPSA) is 91.0 Å². The summed E-state index contributed by atoms with van der Waals surface area (Å²) in [7, 11) is 0. The molecule has 10 heteroatoms. The summed E-state index contributed by atoms with van der Waals surface area (Å²) in [6, 6.07) is 11.7. The fourth-order valence-electron chi connectivity index (χ4n) is 5.65. The lowest BCUT2D eigenvalue weighted by Crippen LogP contribution is -2.66. The molecule has 2 N–H and O–H groups in total. The second-order valence-electron chi connectivity index (χ2n) is 10.6. The number of likely N-dealkylation sites (tertiary alicyclic amines) is 1. The van der Waals surface area contributed by atoms with E-state index in [1.807, 2.05) is 4.90 Å². The summed E-state index contributed by atoms with van der Waals surface area (Å²) in [6.07, 6.45) is 1.56. The number of fused-ring (bicyclic) bond motifs is 1. The predicted molar refractivity (Wildman–Crippen MR) is 139 cm³/mol. The van der Waals surface area contributed by atoms with E-state index in [4.69, 9.17) is 4.74 Å². The number of carbonyl (C=O) groups excluding carboxylic acids is 3. The van der Waals surface area contributed by atoms with Crippen LogP contribution in [0.15, 0.2) is 48.5 Å². The van der Waals surface area contributed by atoms with E-state index in [1.165, 1.54) is 36.4 Å². The molecule has 3 fully saturated rings. The van der Waals surface area contributed by atoms with Crippen LogP contribution in [0, 0.1) is 23.5 Å². The number of rotatable bonds is 8. The fraction of sp³-hybridized carbons (Fsp3) is 0.483. The quantitative estimate of drug-likeness (QED) is 0.500. The van der Waals surface area contributed by atoms with Crippen molar-refractivity contribution in [2.24, 2.45) is 11.8 Å². The summed E-state index contributed by atoms with van der Waals surface area (Å²) in [5.41, 5.74) is 1.30. The minimum absolute atomic E-state index is 0.00190. The van der Waals surface area contributed by atoms with E-state index in [2.05, 4.69) is 10.6 Å². The fourth-order valence-corrected chi connectivity index (χ4v) is 5.65. The molecule has 2 aromatic rings. The smallest absolute Gasteiger partial charge is 0.237 e. The molecule has 0 radical (unpaired) electrons. The summed E-state index contributed by atoms with van der Waals surface area (Å²) in [6.45, 7) is 2.89. The van der Waals surface area contributed by atoms with Crippen molar-refractivity contribution in [1.29, 1.82) is 0 Å². The van der Waals surface area contributed by atoms with Gasteiger partial charge in [-0.1, -0.05) is 12.1 Å². The number of benzene rings is 2. The Morgan fingerprint density at radius 1 is 0.974 bits per heavy atom. The first-order valence-corrected chi connectivity index (χ1v) is 13.5. The average molecular weight is 541 g/mol. The Morgan fingerprint density at radius 2 is 1.64 bits per heavy atom. The van der Waals surface area contributed by atoms with Gasteiger partial charge in [0.25, 0.3) is 0 Å². The van der Waals surface area contributed by atoms with E-state index in [0.717, 1.165) is 12.0 Å². The molecule has 0 bridgehead atoms. The van der Waals surface area contributed by atoms with E-state index in [-0.39, 0.29) is 66.7 Å². The number of ketones is 1. The molecule has 8 nitrogen and oxygen atoms in total.